The lowest BCUT2D eigenvalue weighted by Crippen LogP contribution is -2.33. The van der Waals surface area contributed by atoms with E-state index >= 15 is 0 Å². The molecule has 8 atom stereocenters. The Morgan fingerprint density at radius 1 is 1.02 bits per heavy atom. The van der Waals surface area contributed by atoms with E-state index < -0.39 is 55.8 Å². The molecule has 0 spiro atoms. The Balaban J connectivity index is 1.19. The monoisotopic (exact) mass is 674 g/mol. The molecule has 0 saturated carbocycles. The Kier molecular flexibility index (Phi) is 7.32. The molecule has 5 N–H and O–H groups in total. The molecule has 7 heterocycles. The number of nitrogens with zero attached hydrogens (tertiary/aromatic N) is 7. The molecule has 3 saturated heterocycles. The van der Waals surface area contributed by atoms with Crippen LogP contribution in [0, 0.1) is 0 Å². The Morgan fingerprint density at radius 3 is 2.65 bits per heavy atom. The van der Waals surface area contributed by atoms with Crippen molar-refractivity contribution in [2.45, 2.75) is 43.1 Å². The number of aromatic nitrogens is 8. The molecule has 23 heteroatoms. The second kappa shape index (κ2) is 10.8. The smallest absolute Gasteiger partial charge is 0.383 e. The van der Waals surface area contributed by atoms with Gasteiger partial charge in [0.2, 0.25) is 5.95 Å². The molecule has 3 aliphatic rings. The van der Waals surface area contributed by atoms with Gasteiger partial charge in [-0.3, -0.25) is 27.9 Å². The van der Waals surface area contributed by atoms with Crippen molar-refractivity contribution in [3.63, 3.8) is 0 Å². The van der Waals surface area contributed by atoms with Crippen LogP contribution in [0.5, 0.6) is 0 Å². The van der Waals surface area contributed by atoms with Gasteiger partial charge in [0.05, 0.1) is 37.4 Å². The minimum absolute atomic E-state index is 0.00143. The van der Waals surface area contributed by atoms with Crippen LogP contribution in [-0.4, -0.2) is 83.7 Å². The van der Waals surface area contributed by atoms with Gasteiger partial charge in [-0.05, 0) is 6.07 Å². The van der Waals surface area contributed by atoms with Crippen molar-refractivity contribution in [2.24, 2.45) is 0 Å². The number of hydrogen-bond acceptors (Lipinski definition) is 16. The number of ether oxygens (including phenoxy) is 2. The number of anilines is 2. The van der Waals surface area contributed by atoms with Crippen molar-refractivity contribution in [1.82, 2.24) is 39.5 Å². The number of fused-ring (bicyclic) bond motifs is 5. The Bertz CT molecular complexity index is 1870. The molecule has 0 amide bonds. The van der Waals surface area contributed by atoms with Gasteiger partial charge in [-0.25, -0.2) is 19.1 Å². The predicted molar refractivity (Wildman–Crippen MR) is 154 cm³/mol. The van der Waals surface area contributed by atoms with Gasteiger partial charge in [0.15, 0.2) is 17.4 Å². The minimum Gasteiger partial charge on any atom is -0.383 e. The third kappa shape index (κ3) is 5.47. The molecule has 3 fully saturated rings. The molecule has 4 aromatic heterocycles. The van der Waals surface area contributed by atoms with E-state index in [9.17, 15) is 13.9 Å². The van der Waals surface area contributed by atoms with E-state index in [0.29, 0.717) is 11.0 Å². The summed E-state index contributed by atoms with van der Waals surface area (Å²) in [6.07, 6.45) is -1.63. The van der Waals surface area contributed by atoms with Crippen LogP contribution >= 0.6 is 38.1 Å². The van der Waals surface area contributed by atoms with Crippen molar-refractivity contribution in [2.75, 3.05) is 31.3 Å². The maximum Gasteiger partial charge on any atom is 0.386 e. The van der Waals surface area contributed by atoms with Crippen LogP contribution in [0.1, 0.15) is 18.7 Å². The molecule has 0 aliphatic carbocycles. The lowest BCUT2D eigenvalue weighted by atomic mass is 10.1. The molecule has 3 aliphatic heterocycles. The minimum atomic E-state index is -4.09. The standard InChI is InChI=1S/C20H24N10O9P2S2/c21-15-9-1-2-29(16(9)24-7-23-15)10-5-34-12-6-36-40(32,42)38-11-3-8(4-35-41(33,43)39-14(10)12)37-19(11)30-17-13(27-28-30)18(31)26-20(22)25-17/h1-2,7-8,10-12,14,19H,3-6H2,(H,32,42)(H,33,43)(H2,21,23,24)(H3,22,25,26,31)/t8-,10?,11-,12+,14-,19+,40?,41?/m0/s1. The van der Waals surface area contributed by atoms with Gasteiger partial charge in [-0.2, -0.15) is 9.67 Å². The van der Waals surface area contributed by atoms with E-state index in [0.717, 1.165) is 0 Å². The van der Waals surface area contributed by atoms with Gasteiger partial charge < -0.3 is 25.5 Å². The van der Waals surface area contributed by atoms with Crippen LogP contribution in [-0.2, 0) is 36.7 Å². The molecule has 4 aromatic rings. The summed E-state index contributed by atoms with van der Waals surface area (Å²) in [6.45, 7) is -8.66. The van der Waals surface area contributed by atoms with Gasteiger partial charge in [0.1, 0.15) is 36.1 Å². The maximum absolute atomic E-state index is 13.5. The molecule has 0 radical (unpaired) electrons. The number of nitrogen functional groups attached to an aromatic ring is 2. The maximum atomic E-state index is 13.5. The van der Waals surface area contributed by atoms with Crippen molar-refractivity contribution < 1.29 is 36.7 Å². The summed E-state index contributed by atoms with van der Waals surface area (Å²) < 4.78 is 64.9. The van der Waals surface area contributed by atoms with E-state index in [-0.39, 0.29) is 49.2 Å². The highest BCUT2D eigenvalue weighted by molar-refractivity contribution is 8.44. The fraction of sp³-hybridized carbons (Fsp3) is 0.500. The lowest BCUT2D eigenvalue weighted by molar-refractivity contribution is -0.0551. The van der Waals surface area contributed by atoms with E-state index in [1.165, 1.54) is 11.0 Å². The van der Waals surface area contributed by atoms with Crippen LogP contribution in [0.25, 0.3) is 22.2 Å². The summed E-state index contributed by atoms with van der Waals surface area (Å²) in [4.78, 5) is 27.0. The Hall–Kier alpha value is -2.58. The molecule has 3 unspecified atom stereocenters. The van der Waals surface area contributed by atoms with E-state index in [1.807, 2.05) is 0 Å². The normalized spacial score (nSPS) is 35.4. The van der Waals surface area contributed by atoms with Gasteiger partial charge in [0, 0.05) is 12.6 Å². The number of rotatable bonds is 2. The second-order valence-corrected chi connectivity index (χ2v) is 15.7. The number of aromatic amines is 1. The first-order chi connectivity index (χ1) is 20.5. The summed E-state index contributed by atoms with van der Waals surface area (Å²) in [5, 5.41) is 8.43. The van der Waals surface area contributed by atoms with Crippen molar-refractivity contribution in [3.05, 3.63) is 28.9 Å². The molecule has 230 valence electrons. The average molecular weight is 675 g/mol. The van der Waals surface area contributed by atoms with Crippen LogP contribution < -0.4 is 17.0 Å². The van der Waals surface area contributed by atoms with Crippen LogP contribution in [0.2, 0.25) is 0 Å². The summed E-state index contributed by atoms with van der Waals surface area (Å²) in [6, 6.07) is 1.17. The third-order valence-electron chi connectivity index (χ3n) is 7.21. The molecule has 2 bridgehead atoms. The predicted octanol–water partition coefficient (Wildman–Crippen LogP) is 1.24. The summed E-state index contributed by atoms with van der Waals surface area (Å²) in [5.41, 5.74) is 11.5. The number of nitrogens with one attached hydrogen (secondary N) is 1. The zero-order valence-corrected chi connectivity index (χ0v) is 25.4. The summed E-state index contributed by atoms with van der Waals surface area (Å²) in [5.74, 6) is 0.108. The first-order valence-electron chi connectivity index (χ1n) is 12.7. The molecule has 43 heavy (non-hydrogen) atoms. The fourth-order valence-corrected chi connectivity index (χ4v) is 8.35. The average Bonchev–Trinajstić information content (AvgIpc) is 3.71. The fourth-order valence-electron chi connectivity index (χ4n) is 5.33. The van der Waals surface area contributed by atoms with E-state index in [1.54, 1.807) is 16.8 Å². The SMILES string of the molecule is Nc1nc2c(nnn2[C@@H]2O[C@@H]3COP(=O)(S)O[C@H]4C(n5ccc6c(N)ncnc65)CO[C@@H]4COP(=O)(S)O[C@H]2C3)c(=O)[nH]1. The zero-order valence-electron chi connectivity index (χ0n) is 21.8. The largest absolute Gasteiger partial charge is 0.386 e. The topological polar surface area (TPSA) is 249 Å². The van der Waals surface area contributed by atoms with Crippen LogP contribution in [0.15, 0.2) is 23.4 Å². The van der Waals surface area contributed by atoms with Crippen molar-refractivity contribution >= 4 is 72.1 Å². The van der Waals surface area contributed by atoms with Gasteiger partial charge in [-0.1, -0.05) is 29.7 Å². The molecular weight excluding hydrogens is 650 g/mol. The van der Waals surface area contributed by atoms with Crippen LogP contribution in [0.4, 0.5) is 11.8 Å². The Labute approximate surface area is 251 Å². The number of nitrogens with two attached hydrogens (primary N) is 2. The van der Waals surface area contributed by atoms with Gasteiger partial charge in [0.25, 0.3) is 5.56 Å². The Morgan fingerprint density at radius 2 is 1.81 bits per heavy atom. The third-order valence-corrected chi connectivity index (χ3v) is 10.5. The second-order valence-electron chi connectivity index (χ2n) is 9.94. The quantitative estimate of drug-likeness (QED) is 0.148. The molecular formula is C20H24N10O9P2S2. The first kappa shape index (κ1) is 29.1. The summed E-state index contributed by atoms with van der Waals surface area (Å²) >= 11 is 8.38. The highest BCUT2D eigenvalue weighted by Gasteiger charge is 2.48. The zero-order chi connectivity index (χ0) is 30.1. The first-order valence-corrected chi connectivity index (χ1v) is 18.1. The van der Waals surface area contributed by atoms with Crippen molar-refractivity contribution in [1.29, 1.82) is 0 Å². The highest BCUT2D eigenvalue weighted by Crippen LogP contribution is 2.60. The molecule has 19 nitrogen and oxygen atoms in total. The van der Waals surface area contributed by atoms with Crippen molar-refractivity contribution in [3.8, 4) is 0 Å². The highest BCUT2D eigenvalue weighted by atomic mass is 32.7. The van der Waals surface area contributed by atoms with Crippen LogP contribution in [0.3, 0.4) is 0 Å². The molecule has 0 aromatic carbocycles. The van der Waals surface area contributed by atoms with E-state index in [2.05, 4.69) is 54.7 Å². The van der Waals surface area contributed by atoms with E-state index in [4.69, 9.17) is 39.0 Å². The van der Waals surface area contributed by atoms with Gasteiger partial charge in [-0.15, -0.1) is 5.10 Å². The number of H-pyrrole nitrogens is 1. The summed E-state index contributed by atoms with van der Waals surface area (Å²) in [7, 11) is 0. The lowest BCUT2D eigenvalue weighted by Gasteiger charge is -2.28. The molecule has 7 rings (SSSR count). The van der Waals surface area contributed by atoms with Gasteiger partial charge >= 0.3 is 13.6 Å². The number of thiol groups is 2. The number of hydrogen-bond donors (Lipinski definition) is 5.